The number of methoxy groups -OCH3 is 2. The third-order valence-corrected chi connectivity index (χ3v) is 5.57. The van der Waals surface area contributed by atoms with Crippen molar-refractivity contribution in [2.45, 2.75) is 25.0 Å². The van der Waals surface area contributed by atoms with Crippen molar-refractivity contribution in [3.63, 3.8) is 0 Å². The quantitative estimate of drug-likeness (QED) is 0.753. The monoisotopic (exact) mass is 391 g/mol. The number of hydrogen-bond acceptors (Lipinski definition) is 6. The highest BCUT2D eigenvalue weighted by molar-refractivity contribution is 5.86. The van der Waals surface area contributed by atoms with Crippen molar-refractivity contribution in [2.24, 2.45) is 0 Å². The van der Waals surface area contributed by atoms with Crippen LogP contribution in [0, 0.1) is 0 Å². The molecule has 154 valence electrons. The summed E-state index contributed by atoms with van der Waals surface area (Å²) in [5, 5.41) is 11.1. The first-order chi connectivity index (χ1) is 13.4. The van der Waals surface area contributed by atoms with E-state index >= 15 is 0 Å². The predicted molar refractivity (Wildman–Crippen MR) is 103 cm³/mol. The molecule has 2 heterocycles. The van der Waals surface area contributed by atoms with E-state index in [9.17, 15) is 14.7 Å². The molecule has 0 spiro atoms. The molecule has 2 aliphatic rings. The fourth-order valence-corrected chi connectivity index (χ4v) is 3.96. The van der Waals surface area contributed by atoms with Gasteiger partial charge in [0.15, 0.2) is 17.1 Å². The second kappa shape index (κ2) is 8.36. The van der Waals surface area contributed by atoms with Crippen LogP contribution in [0.1, 0.15) is 18.4 Å². The van der Waals surface area contributed by atoms with Crippen molar-refractivity contribution in [3.8, 4) is 11.5 Å². The number of likely N-dealkylation sites (N-methyl/N-ethyl adjacent to an activating group) is 1. The summed E-state index contributed by atoms with van der Waals surface area (Å²) < 4.78 is 10.8. The van der Waals surface area contributed by atoms with E-state index in [1.165, 1.54) is 0 Å². The molecule has 0 unspecified atom stereocenters. The molecular weight excluding hydrogens is 362 g/mol. The third kappa shape index (κ3) is 4.07. The highest BCUT2D eigenvalue weighted by Gasteiger charge is 2.44. The average Bonchev–Trinajstić information content (AvgIpc) is 2.68. The normalized spacial score (nSPS) is 23.9. The van der Waals surface area contributed by atoms with Crippen molar-refractivity contribution >= 4 is 11.8 Å². The third-order valence-electron chi connectivity index (χ3n) is 5.57. The molecule has 0 radical (unpaired) electrons. The maximum atomic E-state index is 13.1. The number of carbonyl (C=O) groups is 2. The van der Waals surface area contributed by atoms with Crippen LogP contribution in [0.2, 0.25) is 0 Å². The number of β-amino-alcohol motifs (C(OH)–C–C–N with tert-alkyl or cyclic N) is 1. The minimum absolute atomic E-state index is 0.0103. The van der Waals surface area contributed by atoms with Gasteiger partial charge in [-0.2, -0.15) is 0 Å². The number of hydrogen-bond donors (Lipinski definition) is 1. The topological polar surface area (TPSA) is 82.6 Å². The largest absolute Gasteiger partial charge is 0.493 e. The first-order valence-electron chi connectivity index (χ1n) is 9.56. The zero-order valence-electron chi connectivity index (χ0n) is 16.8. The SMILES string of the molecule is COc1cccc(CN2CCC[C@@](O)(CN3CCN(C)C(=O)C3)C2=O)c1OC. The number of carbonyl (C=O) groups excluding carboxylic acids is 2. The lowest BCUT2D eigenvalue weighted by molar-refractivity contribution is -0.162. The van der Waals surface area contributed by atoms with Crippen molar-refractivity contribution in [2.75, 3.05) is 54.0 Å². The fraction of sp³-hybridized carbons (Fsp3) is 0.600. The Morgan fingerprint density at radius 2 is 1.93 bits per heavy atom. The lowest BCUT2D eigenvalue weighted by atomic mass is 9.90. The number of piperidine rings is 1. The van der Waals surface area contributed by atoms with Crippen molar-refractivity contribution < 1.29 is 24.2 Å². The Morgan fingerprint density at radius 3 is 2.61 bits per heavy atom. The van der Waals surface area contributed by atoms with E-state index in [2.05, 4.69) is 0 Å². The van der Waals surface area contributed by atoms with Gasteiger partial charge in [0.2, 0.25) is 5.91 Å². The van der Waals surface area contributed by atoms with Gasteiger partial charge >= 0.3 is 0 Å². The zero-order valence-corrected chi connectivity index (χ0v) is 16.8. The van der Waals surface area contributed by atoms with Gasteiger partial charge in [0.25, 0.3) is 5.91 Å². The Balaban J connectivity index is 1.73. The van der Waals surface area contributed by atoms with E-state index in [1.807, 2.05) is 17.0 Å². The van der Waals surface area contributed by atoms with E-state index < -0.39 is 5.60 Å². The number of amides is 2. The summed E-state index contributed by atoms with van der Waals surface area (Å²) in [5.41, 5.74) is -0.644. The van der Waals surface area contributed by atoms with Crippen LogP contribution in [0.15, 0.2) is 18.2 Å². The van der Waals surface area contributed by atoms with Crippen LogP contribution in [0.5, 0.6) is 11.5 Å². The Morgan fingerprint density at radius 1 is 1.14 bits per heavy atom. The Kier molecular flexibility index (Phi) is 6.10. The first kappa shape index (κ1) is 20.4. The fourth-order valence-electron chi connectivity index (χ4n) is 3.96. The molecule has 0 aromatic heterocycles. The predicted octanol–water partition coefficient (Wildman–Crippen LogP) is 0.331. The van der Waals surface area contributed by atoms with Gasteiger partial charge < -0.3 is 24.4 Å². The van der Waals surface area contributed by atoms with E-state index in [4.69, 9.17) is 9.47 Å². The van der Waals surface area contributed by atoms with E-state index in [-0.39, 0.29) is 24.9 Å². The average molecular weight is 391 g/mol. The van der Waals surface area contributed by atoms with Crippen LogP contribution in [0.4, 0.5) is 0 Å². The molecule has 0 bridgehead atoms. The molecule has 2 aliphatic heterocycles. The molecule has 1 N–H and O–H groups in total. The summed E-state index contributed by atoms with van der Waals surface area (Å²) in [6.45, 7) is 2.58. The summed E-state index contributed by atoms with van der Waals surface area (Å²) in [7, 11) is 4.91. The van der Waals surface area contributed by atoms with Gasteiger partial charge in [-0.15, -0.1) is 0 Å². The van der Waals surface area contributed by atoms with Crippen LogP contribution in [-0.2, 0) is 16.1 Å². The van der Waals surface area contributed by atoms with Crippen LogP contribution in [-0.4, -0.2) is 91.2 Å². The standard InChI is InChI=1S/C20H29N3O5/c1-21-10-11-22(13-17(21)24)14-20(26)8-5-9-23(19(20)25)12-15-6-4-7-16(27-2)18(15)28-3/h4,6-7,26H,5,8-14H2,1-3H3/t20-/m1/s1. The molecule has 0 saturated carbocycles. The molecule has 2 saturated heterocycles. The molecule has 1 aromatic carbocycles. The summed E-state index contributed by atoms with van der Waals surface area (Å²) in [6.07, 6.45) is 1.11. The Hall–Kier alpha value is -2.32. The minimum Gasteiger partial charge on any atom is -0.493 e. The molecule has 8 heteroatoms. The minimum atomic E-state index is -1.47. The summed E-state index contributed by atoms with van der Waals surface area (Å²) in [5.74, 6) is 0.915. The maximum Gasteiger partial charge on any atom is 0.256 e. The number of nitrogens with zero attached hydrogens (tertiary/aromatic N) is 3. The van der Waals surface area contributed by atoms with Gasteiger partial charge in [0, 0.05) is 45.3 Å². The second-order valence-corrected chi connectivity index (χ2v) is 7.54. The first-order valence-corrected chi connectivity index (χ1v) is 9.56. The van der Waals surface area contributed by atoms with Crippen LogP contribution in [0.3, 0.4) is 0 Å². The van der Waals surface area contributed by atoms with Crippen LogP contribution < -0.4 is 9.47 Å². The molecular formula is C20H29N3O5. The number of rotatable bonds is 6. The summed E-state index contributed by atoms with van der Waals surface area (Å²) in [4.78, 5) is 30.3. The molecule has 2 fully saturated rings. The van der Waals surface area contributed by atoms with Gasteiger partial charge in [-0.25, -0.2) is 0 Å². The summed E-state index contributed by atoms with van der Waals surface area (Å²) >= 11 is 0. The zero-order chi connectivity index (χ0) is 20.3. The smallest absolute Gasteiger partial charge is 0.256 e. The van der Waals surface area contributed by atoms with Crippen molar-refractivity contribution in [3.05, 3.63) is 23.8 Å². The highest BCUT2D eigenvalue weighted by atomic mass is 16.5. The van der Waals surface area contributed by atoms with E-state index in [1.54, 1.807) is 37.1 Å². The summed E-state index contributed by atoms with van der Waals surface area (Å²) in [6, 6.07) is 5.55. The van der Waals surface area contributed by atoms with Gasteiger partial charge in [-0.05, 0) is 18.9 Å². The van der Waals surface area contributed by atoms with Gasteiger partial charge in [-0.1, -0.05) is 12.1 Å². The van der Waals surface area contributed by atoms with Crippen molar-refractivity contribution in [1.82, 2.24) is 14.7 Å². The maximum absolute atomic E-state index is 13.1. The van der Waals surface area contributed by atoms with E-state index in [0.29, 0.717) is 50.5 Å². The number of benzene rings is 1. The lowest BCUT2D eigenvalue weighted by Crippen LogP contribution is -2.61. The molecule has 1 aromatic rings. The Labute approximate surface area is 165 Å². The Bertz CT molecular complexity index is 741. The molecule has 8 nitrogen and oxygen atoms in total. The van der Waals surface area contributed by atoms with Gasteiger partial charge in [0.1, 0.15) is 0 Å². The van der Waals surface area contributed by atoms with Crippen LogP contribution in [0.25, 0.3) is 0 Å². The highest BCUT2D eigenvalue weighted by Crippen LogP contribution is 2.33. The van der Waals surface area contributed by atoms with E-state index in [0.717, 1.165) is 5.56 Å². The van der Waals surface area contributed by atoms with Crippen LogP contribution >= 0.6 is 0 Å². The lowest BCUT2D eigenvalue weighted by Gasteiger charge is -2.42. The molecule has 3 rings (SSSR count). The molecule has 0 aliphatic carbocycles. The molecule has 1 atom stereocenters. The van der Waals surface area contributed by atoms with Gasteiger partial charge in [-0.3, -0.25) is 14.5 Å². The number of ether oxygens (including phenoxy) is 2. The molecule has 2 amide bonds. The second-order valence-electron chi connectivity index (χ2n) is 7.54. The number of para-hydroxylation sites is 1. The van der Waals surface area contributed by atoms with Gasteiger partial charge in [0.05, 0.1) is 20.8 Å². The number of piperazine rings is 1. The number of aliphatic hydroxyl groups is 1. The number of likely N-dealkylation sites (tertiary alicyclic amines) is 1. The van der Waals surface area contributed by atoms with Crippen molar-refractivity contribution in [1.29, 1.82) is 0 Å². The molecule has 28 heavy (non-hydrogen) atoms.